The van der Waals surface area contributed by atoms with Crippen LogP contribution >= 0.6 is 15.9 Å². The van der Waals surface area contributed by atoms with Crippen LogP contribution in [-0.2, 0) is 16.1 Å². The van der Waals surface area contributed by atoms with E-state index >= 15 is 0 Å². The van der Waals surface area contributed by atoms with E-state index in [1.54, 1.807) is 0 Å². The fourth-order valence-electron chi connectivity index (χ4n) is 2.43. The maximum atomic E-state index is 11.9. The van der Waals surface area contributed by atoms with Gasteiger partial charge in [-0.15, -0.1) is 0 Å². The molecule has 21 heavy (non-hydrogen) atoms. The number of carbonyl (C=O) groups is 1. The van der Waals surface area contributed by atoms with E-state index in [1.165, 1.54) is 0 Å². The molecule has 0 saturated carbocycles. The van der Waals surface area contributed by atoms with Gasteiger partial charge in [-0.2, -0.15) is 5.10 Å². The molecule has 2 aromatic rings. The summed E-state index contributed by atoms with van der Waals surface area (Å²) in [5.74, 6) is 0.533. The first-order chi connectivity index (χ1) is 10.2. The molecule has 0 fully saturated rings. The maximum absolute atomic E-state index is 11.9. The number of ether oxygens (including phenoxy) is 1. The molecule has 6 heteroatoms. The van der Waals surface area contributed by atoms with Gasteiger partial charge in [0.1, 0.15) is 11.5 Å². The Morgan fingerprint density at radius 3 is 2.95 bits per heavy atom. The minimum atomic E-state index is -0.201. The molecule has 110 valence electrons. The average molecular weight is 350 g/mol. The topological polar surface area (TPSA) is 56.1 Å². The number of aromatic nitrogens is 2. The van der Waals surface area contributed by atoms with Crippen LogP contribution in [0.15, 0.2) is 34.8 Å². The minimum Gasteiger partial charge on any atom is -0.466 e. The Morgan fingerprint density at radius 2 is 2.24 bits per heavy atom. The van der Waals surface area contributed by atoms with Crippen molar-refractivity contribution in [3.8, 4) is 11.3 Å². The highest BCUT2D eigenvalue weighted by atomic mass is 79.9. The number of hydrogen-bond donors (Lipinski definition) is 1. The number of benzene rings is 1. The van der Waals surface area contributed by atoms with Gasteiger partial charge < -0.3 is 10.1 Å². The Balaban J connectivity index is 1.89. The molecule has 1 atom stereocenters. The fourth-order valence-corrected chi connectivity index (χ4v) is 3.09. The van der Waals surface area contributed by atoms with Gasteiger partial charge in [-0.1, -0.05) is 30.3 Å². The summed E-state index contributed by atoms with van der Waals surface area (Å²) in [5, 5.41) is 7.88. The molecule has 3 rings (SSSR count). The number of esters is 1. The second-order valence-electron chi connectivity index (χ2n) is 4.89. The lowest BCUT2D eigenvalue weighted by molar-refractivity contribution is -0.148. The van der Waals surface area contributed by atoms with E-state index in [9.17, 15) is 4.79 Å². The highest BCUT2D eigenvalue weighted by Gasteiger charge is 2.29. The number of nitrogens with zero attached hydrogens (tertiary/aromatic N) is 2. The third-order valence-corrected chi connectivity index (χ3v) is 4.22. The van der Waals surface area contributed by atoms with Gasteiger partial charge >= 0.3 is 5.97 Å². The van der Waals surface area contributed by atoms with Crippen molar-refractivity contribution in [2.24, 2.45) is 5.92 Å². The quantitative estimate of drug-likeness (QED) is 0.865. The number of halogens is 1. The molecule has 0 radical (unpaired) electrons. The number of carbonyl (C=O) groups excluding carboxylic acids is 1. The van der Waals surface area contributed by atoms with Crippen LogP contribution in [0, 0.1) is 5.92 Å². The summed E-state index contributed by atoms with van der Waals surface area (Å²) >= 11 is 3.60. The van der Waals surface area contributed by atoms with E-state index in [0.29, 0.717) is 19.7 Å². The predicted octanol–water partition coefficient (Wildman–Crippen LogP) is 2.92. The SMILES string of the molecule is CCOC(=O)C1CNc2c(Br)c(-c3ccccc3)nn2C1. The molecule has 5 nitrogen and oxygen atoms in total. The zero-order valence-electron chi connectivity index (χ0n) is 11.7. The van der Waals surface area contributed by atoms with Crippen molar-refractivity contribution in [1.82, 2.24) is 9.78 Å². The first-order valence-electron chi connectivity index (χ1n) is 6.93. The first-order valence-corrected chi connectivity index (χ1v) is 7.72. The van der Waals surface area contributed by atoms with Crippen molar-refractivity contribution >= 4 is 27.7 Å². The lowest BCUT2D eigenvalue weighted by Crippen LogP contribution is -2.34. The minimum absolute atomic E-state index is 0.177. The first kappa shape index (κ1) is 14.1. The van der Waals surface area contributed by atoms with Crippen molar-refractivity contribution < 1.29 is 9.53 Å². The lowest BCUT2D eigenvalue weighted by atomic mass is 10.1. The summed E-state index contributed by atoms with van der Waals surface area (Å²) in [6, 6.07) is 9.97. The van der Waals surface area contributed by atoms with E-state index in [0.717, 1.165) is 21.5 Å². The molecule has 1 N–H and O–H groups in total. The summed E-state index contributed by atoms with van der Waals surface area (Å²) in [5.41, 5.74) is 1.92. The Hall–Kier alpha value is -1.82. The molecular weight excluding hydrogens is 334 g/mol. The largest absolute Gasteiger partial charge is 0.466 e. The highest BCUT2D eigenvalue weighted by Crippen LogP contribution is 2.35. The summed E-state index contributed by atoms with van der Waals surface area (Å²) < 4.78 is 7.84. The zero-order valence-corrected chi connectivity index (χ0v) is 13.3. The average Bonchev–Trinajstić information content (AvgIpc) is 2.85. The van der Waals surface area contributed by atoms with Gasteiger partial charge in [0.05, 0.1) is 23.5 Å². The van der Waals surface area contributed by atoms with Crippen LogP contribution in [0.1, 0.15) is 6.92 Å². The van der Waals surface area contributed by atoms with Crippen LogP contribution < -0.4 is 5.32 Å². The monoisotopic (exact) mass is 349 g/mol. The molecule has 1 aromatic carbocycles. The number of anilines is 1. The van der Waals surface area contributed by atoms with Crippen LogP contribution in [-0.4, -0.2) is 28.9 Å². The van der Waals surface area contributed by atoms with Gasteiger partial charge in [-0.3, -0.25) is 4.79 Å². The summed E-state index contributed by atoms with van der Waals surface area (Å²) in [6.07, 6.45) is 0. The lowest BCUT2D eigenvalue weighted by Gasteiger charge is -2.23. The van der Waals surface area contributed by atoms with Gasteiger partial charge in [-0.05, 0) is 22.9 Å². The normalized spacial score (nSPS) is 17.0. The number of fused-ring (bicyclic) bond motifs is 1. The molecule has 0 saturated heterocycles. The number of rotatable bonds is 3. The van der Waals surface area contributed by atoms with Crippen molar-refractivity contribution in [1.29, 1.82) is 0 Å². The van der Waals surface area contributed by atoms with Crippen molar-refractivity contribution in [2.75, 3.05) is 18.5 Å². The number of nitrogens with one attached hydrogen (secondary N) is 1. The molecule has 0 aliphatic carbocycles. The second kappa shape index (κ2) is 5.89. The Morgan fingerprint density at radius 1 is 1.48 bits per heavy atom. The van der Waals surface area contributed by atoms with Crippen LogP contribution in [0.3, 0.4) is 0 Å². The molecular formula is C15H16BrN3O2. The molecule has 0 amide bonds. The van der Waals surface area contributed by atoms with Crippen LogP contribution in [0.25, 0.3) is 11.3 Å². The zero-order chi connectivity index (χ0) is 14.8. The van der Waals surface area contributed by atoms with Crippen molar-refractivity contribution in [3.05, 3.63) is 34.8 Å². The second-order valence-corrected chi connectivity index (χ2v) is 5.68. The van der Waals surface area contributed by atoms with E-state index in [4.69, 9.17) is 4.74 Å². The standard InChI is InChI=1S/C15H16BrN3O2/c1-2-21-15(20)11-8-17-14-12(16)13(18-19(14)9-11)10-6-4-3-5-7-10/h3-7,11,17H,2,8-9H2,1H3. The Kier molecular flexibility index (Phi) is 3.96. The number of hydrogen-bond acceptors (Lipinski definition) is 4. The van der Waals surface area contributed by atoms with Crippen LogP contribution in [0.2, 0.25) is 0 Å². The summed E-state index contributed by atoms with van der Waals surface area (Å²) in [4.78, 5) is 11.9. The Labute approximate surface area is 131 Å². The van der Waals surface area contributed by atoms with E-state index < -0.39 is 0 Å². The third-order valence-electron chi connectivity index (χ3n) is 3.47. The molecule has 1 unspecified atom stereocenters. The van der Waals surface area contributed by atoms with Crippen molar-refractivity contribution in [3.63, 3.8) is 0 Å². The molecule has 0 bridgehead atoms. The maximum Gasteiger partial charge on any atom is 0.312 e. The van der Waals surface area contributed by atoms with Crippen molar-refractivity contribution in [2.45, 2.75) is 13.5 Å². The molecule has 0 spiro atoms. The summed E-state index contributed by atoms with van der Waals surface area (Å²) in [6.45, 7) is 3.32. The predicted molar refractivity (Wildman–Crippen MR) is 84.0 cm³/mol. The third kappa shape index (κ3) is 2.68. The van der Waals surface area contributed by atoms with Gasteiger partial charge in [0, 0.05) is 12.1 Å². The fraction of sp³-hybridized carbons (Fsp3) is 0.333. The highest BCUT2D eigenvalue weighted by molar-refractivity contribution is 9.10. The van der Waals surface area contributed by atoms with E-state index in [1.807, 2.05) is 41.9 Å². The van der Waals surface area contributed by atoms with E-state index in [2.05, 4.69) is 26.3 Å². The Bertz CT molecular complexity index is 654. The van der Waals surface area contributed by atoms with E-state index in [-0.39, 0.29) is 11.9 Å². The van der Waals surface area contributed by atoms with Crippen LogP contribution in [0.5, 0.6) is 0 Å². The van der Waals surface area contributed by atoms with Gasteiger partial charge in [0.15, 0.2) is 0 Å². The van der Waals surface area contributed by atoms with Gasteiger partial charge in [-0.25, -0.2) is 4.68 Å². The smallest absolute Gasteiger partial charge is 0.312 e. The molecule has 1 aliphatic heterocycles. The molecule has 1 aliphatic rings. The van der Waals surface area contributed by atoms with Gasteiger partial charge in [0.25, 0.3) is 0 Å². The summed E-state index contributed by atoms with van der Waals surface area (Å²) in [7, 11) is 0. The molecule has 1 aromatic heterocycles. The molecule has 2 heterocycles. The van der Waals surface area contributed by atoms with Crippen LogP contribution in [0.4, 0.5) is 5.82 Å². The van der Waals surface area contributed by atoms with Gasteiger partial charge in [0.2, 0.25) is 0 Å².